The van der Waals surface area contributed by atoms with Gasteiger partial charge in [0.25, 0.3) is 0 Å². The Morgan fingerprint density at radius 3 is 2.39 bits per heavy atom. The Hall–Kier alpha value is -1.56. The van der Waals surface area contributed by atoms with E-state index in [-0.39, 0.29) is 24.3 Å². The zero-order valence-electron chi connectivity index (χ0n) is 16.3. The summed E-state index contributed by atoms with van der Waals surface area (Å²) in [5.74, 6) is 1.21. The molecule has 5 heteroatoms. The largest absolute Gasteiger partial charge is 0.504 e. The van der Waals surface area contributed by atoms with Crippen LogP contribution in [0.2, 0.25) is 0 Å². The van der Waals surface area contributed by atoms with Gasteiger partial charge in [0.15, 0.2) is 11.5 Å². The molecule has 0 spiro atoms. The van der Waals surface area contributed by atoms with Gasteiger partial charge >= 0.3 is 0 Å². The van der Waals surface area contributed by atoms with E-state index in [1.54, 1.807) is 6.07 Å². The van der Waals surface area contributed by atoms with Crippen LogP contribution in [0, 0.1) is 11.8 Å². The maximum atomic E-state index is 10.4. The number of fused-ring (bicyclic) bond motifs is 3. The minimum absolute atomic E-state index is 0. The van der Waals surface area contributed by atoms with Gasteiger partial charge in [0.1, 0.15) is 0 Å². The monoisotopic (exact) mass is 392 g/mol. The van der Waals surface area contributed by atoms with Gasteiger partial charge in [0.05, 0.1) is 25.4 Å². The molecule has 1 aromatic carbocycles. The molecular formula is C23H36O5. The number of allylic oxidation sites excluding steroid dienone is 2. The Kier molecular flexibility index (Phi) is 7.54. The van der Waals surface area contributed by atoms with Gasteiger partial charge in [0.2, 0.25) is 0 Å². The average Bonchev–Trinajstić information content (AvgIpc) is 2.65. The van der Waals surface area contributed by atoms with Gasteiger partial charge in [-0.25, -0.2) is 0 Å². The normalized spacial score (nSPS) is 33.6. The second kappa shape index (κ2) is 9.29. The Balaban J connectivity index is 0.000000264. The van der Waals surface area contributed by atoms with Crippen LogP contribution in [0.15, 0.2) is 24.3 Å². The molecule has 158 valence electrons. The van der Waals surface area contributed by atoms with E-state index in [9.17, 15) is 10.2 Å². The lowest BCUT2D eigenvalue weighted by Crippen LogP contribution is -2.43. The molecule has 0 aromatic heterocycles. The minimum Gasteiger partial charge on any atom is -0.504 e. The molecule has 0 amide bonds. The van der Waals surface area contributed by atoms with Gasteiger partial charge < -0.3 is 25.2 Å². The number of hydrogen-bond acceptors (Lipinski definition) is 5. The van der Waals surface area contributed by atoms with Gasteiger partial charge in [-0.3, -0.25) is 0 Å². The van der Waals surface area contributed by atoms with Crippen LogP contribution in [-0.2, 0) is 16.6 Å². The van der Waals surface area contributed by atoms with Crippen LogP contribution >= 0.6 is 0 Å². The molecular weight excluding hydrogens is 356 g/mol. The van der Waals surface area contributed by atoms with Crippen molar-refractivity contribution in [3.8, 4) is 11.5 Å². The van der Waals surface area contributed by atoms with E-state index >= 15 is 0 Å². The topological polar surface area (TPSA) is 90.2 Å². The van der Waals surface area contributed by atoms with Crippen LogP contribution in [-0.4, -0.2) is 45.8 Å². The molecule has 5 atom stereocenters. The van der Waals surface area contributed by atoms with Crippen molar-refractivity contribution in [2.45, 2.75) is 71.0 Å². The number of benzene rings is 1. The highest BCUT2D eigenvalue weighted by Gasteiger charge is 2.47. The van der Waals surface area contributed by atoms with Crippen LogP contribution in [0.25, 0.3) is 0 Å². The van der Waals surface area contributed by atoms with Crippen LogP contribution in [0.1, 0.15) is 58.1 Å². The molecule has 0 saturated carbocycles. The quantitative estimate of drug-likeness (QED) is 0.432. The molecule has 1 fully saturated rings. The number of aliphatic hydroxyl groups is 2. The summed E-state index contributed by atoms with van der Waals surface area (Å²) < 4.78 is 4.79. The molecule has 0 bridgehead atoms. The zero-order valence-corrected chi connectivity index (χ0v) is 16.3. The van der Waals surface area contributed by atoms with Gasteiger partial charge in [-0.15, -0.1) is 0 Å². The number of phenolic OH excluding ortho intramolecular Hbond substituents is 2. The van der Waals surface area contributed by atoms with Crippen molar-refractivity contribution in [3.63, 3.8) is 0 Å². The predicted molar refractivity (Wildman–Crippen MR) is 111 cm³/mol. The van der Waals surface area contributed by atoms with E-state index in [0.717, 1.165) is 31.2 Å². The van der Waals surface area contributed by atoms with E-state index in [2.05, 4.69) is 26.0 Å². The van der Waals surface area contributed by atoms with Crippen molar-refractivity contribution < 1.29 is 25.2 Å². The van der Waals surface area contributed by atoms with Crippen molar-refractivity contribution >= 4 is 0 Å². The standard InChI is InChI=1S/C17H22O2.C5H10O3.CH4/c1-3-17-9-5-4-6-13(17)11(2)10-12-7-8-14(18)16(19)15(12)17;6-4-1-5(7)3-8-2-4;/h4,6-8,11,13,18-19H,3,5,9-10H2,1-2H3;4-7H,1-3H2;1H4. The van der Waals surface area contributed by atoms with Gasteiger partial charge in [-0.1, -0.05) is 39.5 Å². The van der Waals surface area contributed by atoms with Crippen LogP contribution in [0.4, 0.5) is 0 Å². The lowest BCUT2D eigenvalue weighted by atomic mass is 9.55. The van der Waals surface area contributed by atoms with E-state index < -0.39 is 12.2 Å². The fraction of sp³-hybridized carbons (Fsp3) is 0.652. The van der Waals surface area contributed by atoms with Crippen LogP contribution in [0.5, 0.6) is 11.5 Å². The maximum Gasteiger partial charge on any atom is 0.161 e. The highest BCUT2D eigenvalue weighted by molar-refractivity contribution is 5.55. The second-order valence-electron chi connectivity index (χ2n) is 8.23. The lowest BCUT2D eigenvalue weighted by Gasteiger charge is -2.49. The van der Waals surface area contributed by atoms with Gasteiger partial charge in [0, 0.05) is 17.4 Å². The Morgan fingerprint density at radius 1 is 1.14 bits per heavy atom. The molecule has 2 aliphatic carbocycles. The maximum absolute atomic E-state index is 10.4. The molecule has 4 rings (SSSR count). The minimum atomic E-state index is -0.459. The molecule has 28 heavy (non-hydrogen) atoms. The number of hydrogen-bond donors (Lipinski definition) is 4. The van der Waals surface area contributed by atoms with Crippen LogP contribution < -0.4 is 0 Å². The highest BCUT2D eigenvalue weighted by Crippen LogP contribution is 2.55. The number of aliphatic hydroxyl groups excluding tert-OH is 2. The number of rotatable bonds is 1. The molecule has 1 aliphatic heterocycles. The van der Waals surface area contributed by atoms with E-state index in [1.807, 2.05) is 6.07 Å². The lowest BCUT2D eigenvalue weighted by molar-refractivity contribution is -0.0714. The van der Waals surface area contributed by atoms with Gasteiger partial charge in [-0.05, 0) is 49.1 Å². The Labute approximate surface area is 168 Å². The molecule has 1 heterocycles. The molecule has 5 nitrogen and oxygen atoms in total. The summed E-state index contributed by atoms with van der Waals surface area (Å²) in [6.45, 7) is 5.25. The zero-order chi connectivity index (χ0) is 19.6. The number of phenols is 2. The predicted octanol–water partition coefficient (Wildman–Crippen LogP) is 3.67. The van der Waals surface area contributed by atoms with E-state index in [0.29, 0.717) is 31.5 Å². The van der Waals surface area contributed by atoms with Crippen molar-refractivity contribution in [2.24, 2.45) is 11.8 Å². The third-order valence-electron chi connectivity index (χ3n) is 6.43. The molecule has 3 aliphatic rings. The number of aromatic hydroxyl groups is 2. The molecule has 0 radical (unpaired) electrons. The first kappa shape index (κ1) is 22.7. The molecule has 4 N–H and O–H groups in total. The summed E-state index contributed by atoms with van der Waals surface area (Å²) in [5.41, 5.74) is 2.24. The van der Waals surface area contributed by atoms with Crippen molar-refractivity contribution in [3.05, 3.63) is 35.4 Å². The molecule has 5 unspecified atom stereocenters. The third kappa shape index (κ3) is 4.22. The number of ether oxygens (including phenoxy) is 1. The summed E-state index contributed by atoms with van der Waals surface area (Å²) in [5, 5.41) is 37.9. The summed E-state index contributed by atoms with van der Waals surface area (Å²) in [4.78, 5) is 0. The summed E-state index contributed by atoms with van der Waals surface area (Å²) >= 11 is 0. The van der Waals surface area contributed by atoms with Crippen molar-refractivity contribution in [1.29, 1.82) is 0 Å². The Morgan fingerprint density at radius 2 is 1.82 bits per heavy atom. The van der Waals surface area contributed by atoms with Crippen LogP contribution in [0.3, 0.4) is 0 Å². The second-order valence-corrected chi connectivity index (χ2v) is 8.23. The molecule has 1 aromatic rings. The van der Waals surface area contributed by atoms with Crippen molar-refractivity contribution in [2.75, 3.05) is 13.2 Å². The summed E-state index contributed by atoms with van der Waals surface area (Å²) in [7, 11) is 0. The van der Waals surface area contributed by atoms with E-state index in [1.165, 1.54) is 5.56 Å². The summed E-state index contributed by atoms with van der Waals surface area (Å²) in [6.07, 6.45) is 8.28. The highest BCUT2D eigenvalue weighted by atomic mass is 16.5. The third-order valence-corrected chi connectivity index (χ3v) is 6.43. The Bertz CT molecular complexity index is 678. The van der Waals surface area contributed by atoms with Crippen molar-refractivity contribution in [1.82, 2.24) is 0 Å². The SMILES string of the molecule is C.CCC12CCC=CC1C(C)Cc1ccc(O)c(O)c12.OC1COCC(O)C1. The molecule has 1 saturated heterocycles. The first-order valence-corrected chi connectivity index (χ1v) is 10.0. The summed E-state index contributed by atoms with van der Waals surface area (Å²) in [6, 6.07) is 3.62. The average molecular weight is 393 g/mol. The fourth-order valence-electron chi connectivity index (χ4n) is 5.16. The fourth-order valence-corrected chi connectivity index (χ4v) is 5.16. The first-order chi connectivity index (χ1) is 12.9. The van der Waals surface area contributed by atoms with E-state index in [4.69, 9.17) is 14.9 Å². The first-order valence-electron chi connectivity index (χ1n) is 10.0. The smallest absolute Gasteiger partial charge is 0.161 e. The van der Waals surface area contributed by atoms with Gasteiger partial charge in [-0.2, -0.15) is 0 Å².